The maximum Gasteiger partial charge on any atom is 0.297 e. The third-order valence-corrected chi connectivity index (χ3v) is 5.73. The van der Waals surface area contributed by atoms with Crippen LogP contribution in [0.1, 0.15) is 71.8 Å². The minimum absolute atomic E-state index is 0.124. The Balaban J connectivity index is 2.05. The summed E-state index contributed by atoms with van der Waals surface area (Å²) >= 11 is 0. The maximum absolute atomic E-state index is 13.6. The first-order valence-electron chi connectivity index (χ1n) is 12.7. The molecule has 0 spiro atoms. The van der Waals surface area contributed by atoms with Crippen molar-refractivity contribution in [3.8, 4) is 17.2 Å². The molecule has 0 radical (unpaired) electrons. The number of unbranched alkanes of at least 4 members (excludes halogenated alkanes) is 4. The van der Waals surface area contributed by atoms with Gasteiger partial charge in [0.1, 0.15) is 12.4 Å². The molecule has 5 nitrogen and oxygen atoms in total. The molecule has 0 aliphatic heterocycles. The summed E-state index contributed by atoms with van der Waals surface area (Å²) in [6, 6.07) is 16.0. The maximum atomic E-state index is 13.6. The van der Waals surface area contributed by atoms with Crippen molar-refractivity contribution in [1.82, 2.24) is 4.57 Å². The summed E-state index contributed by atoms with van der Waals surface area (Å²) in [6.45, 7) is 9.85. The Bertz CT molecular complexity index is 1090. The van der Waals surface area contributed by atoms with Crippen LogP contribution in [0, 0.1) is 0 Å². The van der Waals surface area contributed by atoms with Gasteiger partial charge in [0.15, 0.2) is 5.75 Å². The largest absolute Gasteiger partial charge is 0.489 e. The number of hydrogen-bond acceptors (Lipinski definition) is 4. The number of aryl methyl sites for hydroxylation is 1. The van der Waals surface area contributed by atoms with Crippen LogP contribution in [0.5, 0.6) is 17.2 Å². The fraction of sp³-hybridized carbons (Fsp3) is 0.483. The molecule has 0 atom stereocenters. The van der Waals surface area contributed by atoms with Crippen molar-refractivity contribution in [2.24, 2.45) is 0 Å². The van der Waals surface area contributed by atoms with Crippen LogP contribution < -0.4 is 19.8 Å². The van der Waals surface area contributed by atoms with E-state index in [4.69, 9.17) is 14.2 Å². The summed E-state index contributed by atoms with van der Waals surface area (Å²) in [5.74, 6) is 1.59. The van der Waals surface area contributed by atoms with Crippen LogP contribution in [-0.2, 0) is 13.2 Å². The van der Waals surface area contributed by atoms with Crippen LogP contribution in [0.4, 0.5) is 0 Å². The molecule has 0 N–H and O–H groups in total. The van der Waals surface area contributed by atoms with E-state index in [0.717, 1.165) is 60.7 Å². The van der Waals surface area contributed by atoms with Crippen molar-refractivity contribution in [1.29, 1.82) is 0 Å². The third-order valence-electron chi connectivity index (χ3n) is 5.73. The Hall–Kier alpha value is -2.95. The molecule has 1 aromatic heterocycles. The molecule has 2 aromatic carbocycles. The van der Waals surface area contributed by atoms with Gasteiger partial charge in [-0.15, -0.1) is 0 Å². The van der Waals surface area contributed by atoms with E-state index in [-0.39, 0.29) is 11.7 Å². The van der Waals surface area contributed by atoms with Gasteiger partial charge in [-0.1, -0.05) is 69.9 Å². The van der Waals surface area contributed by atoms with Gasteiger partial charge in [-0.05, 0) is 44.4 Å². The number of ether oxygens (including phenoxy) is 3. The predicted molar refractivity (Wildman–Crippen MR) is 139 cm³/mol. The van der Waals surface area contributed by atoms with Gasteiger partial charge in [0.05, 0.1) is 18.2 Å². The molecule has 0 aliphatic rings. The quantitative estimate of drug-likeness (QED) is 0.238. The second-order valence-corrected chi connectivity index (χ2v) is 9.00. The first-order chi connectivity index (χ1) is 16.5. The molecule has 3 aromatic rings. The van der Waals surface area contributed by atoms with Crippen LogP contribution >= 0.6 is 0 Å². The summed E-state index contributed by atoms with van der Waals surface area (Å²) in [4.78, 5) is 13.6. The molecule has 0 fully saturated rings. The van der Waals surface area contributed by atoms with Crippen LogP contribution in [0.15, 0.2) is 53.3 Å². The summed E-state index contributed by atoms with van der Waals surface area (Å²) in [7, 11) is 0. The molecule has 0 bridgehead atoms. The minimum atomic E-state index is -0.135. The SMILES string of the molecule is CCCCCCn1c(=O)c(OC(C)C)c(OCCCC)c2ccc(OCc3ccccc3)cc21. The number of nitrogens with zero attached hydrogens (tertiary/aromatic N) is 1. The molecular formula is C29H39NO4. The molecule has 3 rings (SSSR count). The van der Waals surface area contributed by atoms with E-state index in [2.05, 4.69) is 13.8 Å². The zero-order valence-corrected chi connectivity index (χ0v) is 21.1. The fourth-order valence-electron chi connectivity index (χ4n) is 3.93. The fourth-order valence-corrected chi connectivity index (χ4v) is 3.93. The molecule has 0 aliphatic carbocycles. The van der Waals surface area contributed by atoms with Gasteiger partial charge in [-0.3, -0.25) is 4.79 Å². The molecule has 0 amide bonds. The third kappa shape index (κ3) is 6.78. The lowest BCUT2D eigenvalue weighted by atomic mass is 10.1. The lowest BCUT2D eigenvalue weighted by molar-refractivity contribution is 0.216. The van der Waals surface area contributed by atoms with Crippen molar-refractivity contribution in [2.45, 2.75) is 85.5 Å². The zero-order valence-electron chi connectivity index (χ0n) is 21.1. The average molecular weight is 466 g/mol. The highest BCUT2D eigenvalue weighted by Gasteiger charge is 2.21. The molecule has 0 saturated heterocycles. The summed E-state index contributed by atoms with van der Waals surface area (Å²) in [5, 5.41) is 0.883. The lowest BCUT2D eigenvalue weighted by Gasteiger charge is -2.20. The average Bonchev–Trinajstić information content (AvgIpc) is 2.84. The monoisotopic (exact) mass is 465 g/mol. The number of rotatable bonds is 14. The number of pyridine rings is 1. The summed E-state index contributed by atoms with van der Waals surface area (Å²) in [6.07, 6.45) is 6.15. The molecule has 0 saturated carbocycles. The second kappa shape index (κ2) is 13.1. The van der Waals surface area contributed by atoms with Crippen molar-refractivity contribution >= 4 is 10.9 Å². The Labute approximate surface area is 203 Å². The van der Waals surface area contributed by atoms with Gasteiger partial charge in [0, 0.05) is 18.0 Å². The number of benzene rings is 2. The highest BCUT2D eigenvalue weighted by molar-refractivity contribution is 5.89. The van der Waals surface area contributed by atoms with Crippen LogP contribution in [-0.4, -0.2) is 17.3 Å². The van der Waals surface area contributed by atoms with Crippen molar-refractivity contribution in [3.05, 3.63) is 64.4 Å². The lowest BCUT2D eigenvalue weighted by Crippen LogP contribution is -2.25. The van der Waals surface area contributed by atoms with Gasteiger partial charge in [-0.25, -0.2) is 0 Å². The Kier molecular flexibility index (Phi) is 9.87. The number of fused-ring (bicyclic) bond motifs is 1. The Morgan fingerprint density at radius 1 is 0.853 bits per heavy atom. The van der Waals surface area contributed by atoms with Crippen LogP contribution in [0.3, 0.4) is 0 Å². The highest BCUT2D eigenvalue weighted by Crippen LogP contribution is 2.35. The van der Waals surface area contributed by atoms with Gasteiger partial charge in [-0.2, -0.15) is 0 Å². The Morgan fingerprint density at radius 3 is 2.32 bits per heavy atom. The van der Waals surface area contributed by atoms with E-state index in [9.17, 15) is 4.79 Å². The van der Waals surface area contributed by atoms with E-state index < -0.39 is 0 Å². The van der Waals surface area contributed by atoms with E-state index in [1.807, 2.05) is 66.9 Å². The molecule has 1 heterocycles. The van der Waals surface area contributed by atoms with E-state index in [0.29, 0.717) is 31.3 Å². The van der Waals surface area contributed by atoms with Gasteiger partial charge in [0.25, 0.3) is 5.56 Å². The van der Waals surface area contributed by atoms with E-state index in [1.54, 1.807) is 0 Å². The zero-order chi connectivity index (χ0) is 24.3. The number of hydrogen-bond donors (Lipinski definition) is 0. The van der Waals surface area contributed by atoms with Gasteiger partial charge in [0.2, 0.25) is 5.75 Å². The normalized spacial score (nSPS) is 11.2. The van der Waals surface area contributed by atoms with Gasteiger partial charge < -0.3 is 18.8 Å². The van der Waals surface area contributed by atoms with E-state index >= 15 is 0 Å². The first-order valence-corrected chi connectivity index (χ1v) is 12.7. The Morgan fingerprint density at radius 2 is 1.62 bits per heavy atom. The van der Waals surface area contributed by atoms with Crippen LogP contribution in [0.25, 0.3) is 10.9 Å². The molecular weight excluding hydrogens is 426 g/mol. The second-order valence-electron chi connectivity index (χ2n) is 9.00. The molecule has 5 heteroatoms. The summed E-state index contributed by atoms with van der Waals surface area (Å²) in [5.41, 5.74) is 1.79. The minimum Gasteiger partial charge on any atom is -0.489 e. The summed E-state index contributed by atoms with van der Waals surface area (Å²) < 4.78 is 20.1. The topological polar surface area (TPSA) is 49.7 Å². The van der Waals surface area contributed by atoms with Crippen LogP contribution in [0.2, 0.25) is 0 Å². The highest BCUT2D eigenvalue weighted by atomic mass is 16.5. The standard InChI is InChI=1S/C29H39NO4/c1-5-7-9-13-18-30-26-20-24(33-21-23-14-11-10-12-15-23)16-17-25(26)27(32-19-8-6-2)28(29(30)31)34-22(3)4/h10-12,14-17,20,22H,5-9,13,18-19,21H2,1-4H3. The van der Waals surface area contributed by atoms with E-state index in [1.165, 1.54) is 0 Å². The van der Waals surface area contributed by atoms with Crippen molar-refractivity contribution in [3.63, 3.8) is 0 Å². The van der Waals surface area contributed by atoms with Crippen molar-refractivity contribution < 1.29 is 14.2 Å². The molecule has 0 unspecified atom stereocenters. The first kappa shape index (κ1) is 25.7. The van der Waals surface area contributed by atoms with Crippen molar-refractivity contribution in [2.75, 3.05) is 6.61 Å². The van der Waals surface area contributed by atoms with Gasteiger partial charge >= 0.3 is 0 Å². The smallest absolute Gasteiger partial charge is 0.297 e. The predicted octanol–water partition coefficient (Wildman–Crippen LogP) is 7.13. The molecule has 184 valence electrons. The number of aromatic nitrogens is 1. The molecule has 34 heavy (non-hydrogen) atoms.